The van der Waals surface area contributed by atoms with Gasteiger partial charge in [-0.3, -0.25) is 14.3 Å². The summed E-state index contributed by atoms with van der Waals surface area (Å²) in [4.78, 5) is 33.6. The van der Waals surface area contributed by atoms with Gasteiger partial charge in [-0.25, -0.2) is 13.2 Å². The highest BCUT2D eigenvalue weighted by Crippen LogP contribution is 2.24. The molecule has 0 atom stereocenters. The summed E-state index contributed by atoms with van der Waals surface area (Å²) in [6, 6.07) is 11.7. The number of carboxylic acids is 1. The van der Waals surface area contributed by atoms with Crippen LogP contribution in [0.3, 0.4) is 0 Å². The summed E-state index contributed by atoms with van der Waals surface area (Å²) in [6.45, 7) is 0. The van der Waals surface area contributed by atoms with Crippen molar-refractivity contribution >= 4 is 49.2 Å². The van der Waals surface area contributed by atoms with Crippen molar-refractivity contribution in [3.63, 3.8) is 0 Å². The fraction of sp³-hybridized carbons (Fsp3) is 0.0625. The van der Waals surface area contributed by atoms with E-state index < -0.39 is 34.0 Å². The zero-order chi connectivity index (χ0) is 18.6. The van der Waals surface area contributed by atoms with Crippen LogP contribution in [0.4, 0.5) is 5.69 Å². The Morgan fingerprint density at radius 3 is 2.36 bits per heavy atom. The van der Waals surface area contributed by atoms with Gasteiger partial charge in [-0.05, 0) is 40.2 Å². The van der Waals surface area contributed by atoms with Crippen LogP contribution < -0.4 is 4.72 Å². The number of carbonyl (C=O) groups excluding carboxylic acids is 2. The number of hydrogen-bond donors (Lipinski definition) is 2. The fourth-order valence-corrected chi connectivity index (χ4v) is 4.01. The molecule has 9 heteroatoms. The lowest BCUT2D eigenvalue weighted by Gasteiger charge is -2.10. The molecule has 0 aromatic heterocycles. The van der Waals surface area contributed by atoms with E-state index in [1.807, 2.05) is 0 Å². The van der Waals surface area contributed by atoms with Gasteiger partial charge >= 0.3 is 5.97 Å². The summed E-state index contributed by atoms with van der Waals surface area (Å²) in [5.41, 5.74) is 0.145. The second kappa shape index (κ2) is 7.58. The van der Waals surface area contributed by atoms with E-state index in [1.165, 1.54) is 30.3 Å². The number of benzene rings is 2. The molecule has 0 radical (unpaired) electrons. The predicted molar refractivity (Wildman–Crippen MR) is 93.0 cm³/mol. The Hall–Kier alpha value is -2.52. The number of halogens is 1. The van der Waals surface area contributed by atoms with Crippen LogP contribution >= 0.6 is 15.9 Å². The van der Waals surface area contributed by atoms with Crippen LogP contribution in [0.1, 0.15) is 16.8 Å². The molecule has 2 aromatic rings. The number of carboxylic acid groups (broad SMARTS) is 1. The van der Waals surface area contributed by atoms with Gasteiger partial charge in [0.1, 0.15) is 4.90 Å². The Balaban J connectivity index is 2.25. The lowest BCUT2D eigenvalue weighted by molar-refractivity contribution is -0.148. The molecule has 0 aliphatic heterocycles. The number of ketones is 2. The second-order valence-corrected chi connectivity index (χ2v) is 7.45. The molecule has 0 unspecified atom stereocenters. The SMILES string of the molecule is O=C(O)C(=O)CC(=O)c1cccc(NS(=O)(=O)c2ccccc2Br)c1. The molecule has 0 bridgehead atoms. The molecule has 0 saturated carbocycles. The Labute approximate surface area is 151 Å². The number of anilines is 1. The Kier molecular flexibility index (Phi) is 5.70. The number of rotatable bonds is 7. The first-order valence-corrected chi connectivity index (χ1v) is 9.15. The standard InChI is InChI=1S/C16H12BrNO6S/c17-12-6-1-2-7-15(12)25(23,24)18-11-5-3-4-10(8-11)13(19)9-14(20)16(21)22/h1-8,18H,9H2,(H,21,22). The predicted octanol–water partition coefficient (Wildman–Crippen LogP) is 2.48. The third-order valence-electron chi connectivity index (χ3n) is 3.12. The summed E-state index contributed by atoms with van der Waals surface area (Å²) >= 11 is 3.16. The zero-order valence-electron chi connectivity index (χ0n) is 12.6. The maximum Gasteiger partial charge on any atom is 0.372 e. The van der Waals surface area contributed by atoms with Crippen LogP contribution in [0, 0.1) is 0 Å². The van der Waals surface area contributed by atoms with Gasteiger partial charge in [0.05, 0.1) is 6.42 Å². The van der Waals surface area contributed by atoms with Crippen molar-refractivity contribution in [3.8, 4) is 0 Å². The maximum atomic E-state index is 12.4. The van der Waals surface area contributed by atoms with Gasteiger partial charge in [0.25, 0.3) is 10.0 Å². The van der Waals surface area contributed by atoms with Crippen LogP contribution in [-0.2, 0) is 19.6 Å². The molecule has 0 aliphatic carbocycles. The van der Waals surface area contributed by atoms with E-state index in [0.717, 1.165) is 0 Å². The van der Waals surface area contributed by atoms with Crippen molar-refractivity contribution in [2.75, 3.05) is 4.72 Å². The van der Waals surface area contributed by atoms with Gasteiger partial charge in [-0.1, -0.05) is 24.3 Å². The van der Waals surface area contributed by atoms with Gasteiger partial charge in [0, 0.05) is 15.7 Å². The molecule has 2 aromatic carbocycles. The average molecular weight is 426 g/mol. The lowest BCUT2D eigenvalue weighted by atomic mass is 10.1. The quantitative estimate of drug-likeness (QED) is 0.399. The molecule has 7 nitrogen and oxygen atoms in total. The molecule has 130 valence electrons. The minimum absolute atomic E-state index is 0.0211. The molecule has 25 heavy (non-hydrogen) atoms. The largest absolute Gasteiger partial charge is 0.475 e. The van der Waals surface area contributed by atoms with Gasteiger partial charge in [-0.15, -0.1) is 0 Å². The second-order valence-electron chi connectivity index (χ2n) is 4.95. The van der Waals surface area contributed by atoms with E-state index in [1.54, 1.807) is 18.2 Å². The van der Waals surface area contributed by atoms with E-state index in [9.17, 15) is 22.8 Å². The minimum atomic E-state index is -3.89. The molecule has 0 amide bonds. The summed E-state index contributed by atoms with van der Waals surface area (Å²) in [5, 5.41) is 8.54. The Bertz CT molecular complexity index is 955. The molecule has 0 fully saturated rings. The summed E-state index contributed by atoms with van der Waals surface area (Å²) in [7, 11) is -3.89. The third kappa shape index (κ3) is 4.74. The molecule has 0 heterocycles. The fourth-order valence-electron chi connectivity index (χ4n) is 1.95. The lowest BCUT2D eigenvalue weighted by Crippen LogP contribution is -2.17. The summed E-state index contributed by atoms with van der Waals surface area (Å²) in [5.74, 6) is -3.64. The van der Waals surface area contributed by atoms with E-state index >= 15 is 0 Å². The molecular weight excluding hydrogens is 414 g/mol. The first-order chi connectivity index (χ1) is 11.7. The molecule has 2 N–H and O–H groups in total. The average Bonchev–Trinajstić information content (AvgIpc) is 2.54. The third-order valence-corrected chi connectivity index (χ3v) is 5.52. The van der Waals surface area contributed by atoms with Crippen LogP contribution in [-0.4, -0.2) is 31.1 Å². The van der Waals surface area contributed by atoms with Crippen LogP contribution in [0.15, 0.2) is 57.9 Å². The topological polar surface area (TPSA) is 118 Å². The van der Waals surface area contributed by atoms with Crippen molar-refractivity contribution < 1.29 is 27.9 Å². The van der Waals surface area contributed by atoms with Gasteiger partial charge in [0.2, 0.25) is 5.78 Å². The van der Waals surface area contributed by atoms with Crippen LogP contribution in [0.25, 0.3) is 0 Å². The normalized spacial score (nSPS) is 10.9. The number of carbonyl (C=O) groups is 3. The number of aliphatic carboxylic acids is 1. The highest BCUT2D eigenvalue weighted by atomic mass is 79.9. The molecule has 2 rings (SSSR count). The number of Topliss-reactive ketones (excluding diaryl/α,β-unsaturated/α-hetero) is 2. The molecule has 0 spiro atoms. The highest BCUT2D eigenvalue weighted by Gasteiger charge is 2.20. The molecule has 0 saturated heterocycles. The number of hydrogen-bond acceptors (Lipinski definition) is 5. The van der Waals surface area contributed by atoms with E-state index in [-0.39, 0.29) is 16.1 Å². The first-order valence-electron chi connectivity index (χ1n) is 6.87. The number of nitrogens with one attached hydrogen (secondary N) is 1. The van der Waals surface area contributed by atoms with E-state index in [0.29, 0.717) is 4.47 Å². The van der Waals surface area contributed by atoms with E-state index in [2.05, 4.69) is 20.7 Å². The van der Waals surface area contributed by atoms with Crippen molar-refractivity contribution in [1.29, 1.82) is 0 Å². The summed E-state index contributed by atoms with van der Waals surface area (Å²) < 4.78 is 27.5. The Morgan fingerprint density at radius 1 is 1.04 bits per heavy atom. The monoisotopic (exact) mass is 425 g/mol. The van der Waals surface area contributed by atoms with Gasteiger partial charge in [-0.2, -0.15) is 0 Å². The van der Waals surface area contributed by atoms with Crippen molar-refractivity contribution in [2.24, 2.45) is 0 Å². The van der Waals surface area contributed by atoms with Crippen LogP contribution in [0.2, 0.25) is 0 Å². The first kappa shape index (κ1) is 18.8. The molecular formula is C16H12BrNO6S. The highest BCUT2D eigenvalue weighted by molar-refractivity contribution is 9.10. The zero-order valence-corrected chi connectivity index (χ0v) is 15.0. The number of sulfonamides is 1. The Morgan fingerprint density at radius 2 is 1.72 bits per heavy atom. The smallest absolute Gasteiger partial charge is 0.372 e. The van der Waals surface area contributed by atoms with Crippen molar-refractivity contribution in [1.82, 2.24) is 0 Å². The van der Waals surface area contributed by atoms with E-state index in [4.69, 9.17) is 5.11 Å². The maximum absolute atomic E-state index is 12.4. The van der Waals surface area contributed by atoms with Crippen molar-refractivity contribution in [3.05, 3.63) is 58.6 Å². The van der Waals surface area contributed by atoms with Gasteiger partial charge < -0.3 is 5.11 Å². The molecule has 0 aliphatic rings. The van der Waals surface area contributed by atoms with Crippen molar-refractivity contribution in [2.45, 2.75) is 11.3 Å². The van der Waals surface area contributed by atoms with Crippen LogP contribution in [0.5, 0.6) is 0 Å². The van der Waals surface area contributed by atoms with Gasteiger partial charge in [0.15, 0.2) is 5.78 Å². The minimum Gasteiger partial charge on any atom is -0.475 e. The summed E-state index contributed by atoms with van der Waals surface area (Å²) in [6.07, 6.45) is -0.796.